The highest BCUT2D eigenvalue weighted by atomic mass is 19.1. The second-order valence-electron chi connectivity index (χ2n) is 2.33. The molecule has 17 heavy (non-hydrogen) atoms. The lowest BCUT2D eigenvalue weighted by atomic mass is 10.6. The Labute approximate surface area is 92.5 Å². The van der Waals surface area contributed by atoms with Crippen LogP contribution in [0.5, 0.6) is 0 Å². The van der Waals surface area contributed by atoms with Gasteiger partial charge >= 0.3 is 0 Å². The third-order valence-corrected chi connectivity index (χ3v) is 1.20. The van der Waals surface area contributed by atoms with Gasteiger partial charge < -0.3 is 5.48 Å². The van der Waals surface area contributed by atoms with Crippen molar-refractivity contribution in [1.29, 1.82) is 0 Å². The van der Waals surface area contributed by atoms with Crippen LogP contribution in [0.4, 0.5) is 17.6 Å². The molecular weight excluding hydrogens is 244 g/mol. The van der Waals surface area contributed by atoms with Gasteiger partial charge in [-0.15, -0.1) is 0 Å². The van der Waals surface area contributed by atoms with Crippen molar-refractivity contribution in [2.75, 3.05) is 0 Å². The highest BCUT2D eigenvalue weighted by molar-refractivity contribution is 4.83. The molecule has 0 atom stereocenters. The quantitative estimate of drug-likeness (QED) is 0.508. The Kier molecular flexibility index (Phi) is 6.26. The van der Waals surface area contributed by atoms with Gasteiger partial charge in [-0.2, -0.15) is 17.6 Å². The average molecular weight is 250 g/mol. The Morgan fingerprint density at radius 2 is 0.824 bits per heavy atom. The first kappa shape index (κ1) is 14.8. The van der Waals surface area contributed by atoms with E-state index in [2.05, 4.69) is 19.9 Å². The van der Waals surface area contributed by atoms with Crippen molar-refractivity contribution >= 4 is 0 Å². The number of halogens is 4. The standard InChI is InChI=1S/2C4H2F2N2.H2O/c2*5-3-1-4(6)8-2-7-3;/h2*1-2H;1H2. The van der Waals surface area contributed by atoms with E-state index in [9.17, 15) is 17.6 Å². The molecule has 0 radical (unpaired) electrons. The molecule has 0 amide bonds. The number of hydrogen-bond donors (Lipinski definition) is 0. The fourth-order valence-corrected chi connectivity index (χ4v) is 0.624. The molecule has 0 aliphatic heterocycles. The van der Waals surface area contributed by atoms with Crippen molar-refractivity contribution in [2.45, 2.75) is 0 Å². The third kappa shape index (κ3) is 6.10. The first-order chi connectivity index (χ1) is 7.58. The lowest BCUT2D eigenvalue weighted by Gasteiger charge is -1.82. The molecule has 0 spiro atoms. The predicted octanol–water partition coefficient (Wildman–Crippen LogP) is 0.685. The fourth-order valence-electron chi connectivity index (χ4n) is 0.624. The maximum atomic E-state index is 11.8. The van der Waals surface area contributed by atoms with Gasteiger partial charge in [0.25, 0.3) is 0 Å². The van der Waals surface area contributed by atoms with E-state index < -0.39 is 23.8 Å². The highest BCUT2D eigenvalue weighted by Crippen LogP contribution is 1.91. The number of aromatic nitrogens is 4. The van der Waals surface area contributed by atoms with E-state index >= 15 is 0 Å². The Bertz CT molecular complexity index is 393. The Balaban J connectivity index is 0.000000284. The van der Waals surface area contributed by atoms with Crippen molar-refractivity contribution < 1.29 is 23.0 Å². The van der Waals surface area contributed by atoms with E-state index in [0.717, 1.165) is 12.7 Å². The van der Waals surface area contributed by atoms with Crippen molar-refractivity contribution in [3.05, 3.63) is 48.6 Å². The van der Waals surface area contributed by atoms with Gasteiger partial charge in [0.2, 0.25) is 23.8 Å². The fraction of sp³-hybridized carbons (Fsp3) is 0. The normalized spacial score (nSPS) is 8.71. The SMILES string of the molecule is Fc1cc(F)ncn1.Fc1cc(F)ncn1.O. The first-order valence-electron chi connectivity index (χ1n) is 3.84. The van der Waals surface area contributed by atoms with Crippen molar-refractivity contribution in [3.8, 4) is 0 Å². The topological polar surface area (TPSA) is 83.1 Å². The molecule has 2 N–H and O–H groups in total. The molecule has 2 heterocycles. The summed E-state index contributed by atoms with van der Waals surface area (Å²) in [5.41, 5.74) is 0. The Morgan fingerprint density at radius 3 is 0.941 bits per heavy atom. The molecule has 0 bridgehead atoms. The molecule has 0 aromatic carbocycles. The van der Waals surface area contributed by atoms with Gasteiger partial charge in [-0.1, -0.05) is 0 Å². The van der Waals surface area contributed by atoms with E-state index in [1.165, 1.54) is 0 Å². The van der Waals surface area contributed by atoms with Gasteiger partial charge in [0.05, 0.1) is 0 Å². The molecule has 2 rings (SSSR count). The van der Waals surface area contributed by atoms with Gasteiger partial charge in [-0.25, -0.2) is 19.9 Å². The molecule has 2 aromatic heterocycles. The summed E-state index contributed by atoms with van der Waals surface area (Å²) in [6.07, 6.45) is 1.65. The van der Waals surface area contributed by atoms with E-state index in [1.807, 2.05) is 0 Å². The lowest BCUT2D eigenvalue weighted by Crippen LogP contribution is -1.86. The van der Waals surface area contributed by atoms with E-state index in [-0.39, 0.29) is 5.48 Å². The van der Waals surface area contributed by atoms with Gasteiger partial charge in [0, 0.05) is 12.1 Å². The van der Waals surface area contributed by atoms with Gasteiger partial charge in [0.15, 0.2) is 0 Å². The van der Waals surface area contributed by atoms with Crippen molar-refractivity contribution in [2.24, 2.45) is 0 Å². The van der Waals surface area contributed by atoms with E-state index in [4.69, 9.17) is 0 Å². The molecule has 92 valence electrons. The number of rotatable bonds is 0. The summed E-state index contributed by atoms with van der Waals surface area (Å²) < 4.78 is 47.1. The van der Waals surface area contributed by atoms with Crippen LogP contribution in [0.3, 0.4) is 0 Å². The molecule has 0 aliphatic rings. The van der Waals surface area contributed by atoms with Crippen LogP contribution < -0.4 is 0 Å². The summed E-state index contributed by atoms with van der Waals surface area (Å²) in [6.45, 7) is 0. The monoisotopic (exact) mass is 250 g/mol. The maximum Gasteiger partial charge on any atom is 0.218 e. The summed E-state index contributed by atoms with van der Waals surface area (Å²) in [5, 5.41) is 0. The second kappa shape index (κ2) is 7.17. The zero-order valence-corrected chi connectivity index (χ0v) is 8.11. The van der Waals surface area contributed by atoms with Gasteiger partial charge in [-0.05, 0) is 0 Å². The summed E-state index contributed by atoms with van der Waals surface area (Å²) >= 11 is 0. The van der Waals surface area contributed by atoms with Crippen LogP contribution in [0.25, 0.3) is 0 Å². The lowest BCUT2D eigenvalue weighted by molar-refractivity contribution is 0.524. The molecule has 0 unspecified atom stereocenters. The maximum absolute atomic E-state index is 11.8. The van der Waals surface area contributed by atoms with E-state index in [1.54, 1.807) is 0 Å². The Morgan fingerprint density at radius 1 is 0.588 bits per heavy atom. The average Bonchev–Trinajstić information content (AvgIpc) is 2.17. The predicted molar refractivity (Wildman–Crippen MR) is 47.5 cm³/mol. The molecule has 0 fully saturated rings. The van der Waals surface area contributed by atoms with Crippen LogP contribution in [0.2, 0.25) is 0 Å². The summed E-state index contributed by atoms with van der Waals surface area (Å²) in [4.78, 5) is 12.1. The second-order valence-corrected chi connectivity index (χ2v) is 2.33. The van der Waals surface area contributed by atoms with Crippen LogP contribution in [-0.4, -0.2) is 25.4 Å². The zero-order chi connectivity index (χ0) is 12.0. The Hall–Kier alpha value is -2.16. The minimum atomic E-state index is -0.850. The molecule has 0 saturated carbocycles. The summed E-state index contributed by atoms with van der Waals surface area (Å²) in [7, 11) is 0. The zero-order valence-electron chi connectivity index (χ0n) is 8.11. The van der Waals surface area contributed by atoms with Crippen LogP contribution in [0.15, 0.2) is 24.8 Å². The molecular formula is C8H6F4N4O. The van der Waals surface area contributed by atoms with Gasteiger partial charge in [0.1, 0.15) is 12.7 Å². The minimum Gasteiger partial charge on any atom is -0.412 e. The smallest absolute Gasteiger partial charge is 0.218 e. The summed E-state index contributed by atoms with van der Waals surface area (Å²) in [6, 6.07) is 1.22. The molecule has 9 heteroatoms. The molecule has 5 nitrogen and oxygen atoms in total. The first-order valence-corrected chi connectivity index (χ1v) is 3.84. The van der Waals surface area contributed by atoms with Crippen LogP contribution >= 0.6 is 0 Å². The summed E-state index contributed by atoms with van der Waals surface area (Å²) in [5.74, 6) is -3.40. The van der Waals surface area contributed by atoms with Crippen molar-refractivity contribution in [1.82, 2.24) is 19.9 Å². The van der Waals surface area contributed by atoms with Crippen LogP contribution in [0, 0.1) is 23.8 Å². The minimum absolute atomic E-state index is 0. The molecule has 0 aliphatic carbocycles. The largest absolute Gasteiger partial charge is 0.412 e. The van der Waals surface area contributed by atoms with Crippen LogP contribution in [0.1, 0.15) is 0 Å². The molecule has 2 aromatic rings. The number of nitrogens with zero attached hydrogens (tertiary/aromatic N) is 4. The van der Waals surface area contributed by atoms with Crippen LogP contribution in [-0.2, 0) is 0 Å². The van der Waals surface area contributed by atoms with E-state index in [0.29, 0.717) is 12.1 Å². The third-order valence-electron chi connectivity index (χ3n) is 1.20. The van der Waals surface area contributed by atoms with Crippen molar-refractivity contribution in [3.63, 3.8) is 0 Å². The van der Waals surface area contributed by atoms with Gasteiger partial charge in [-0.3, -0.25) is 0 Å². The highest BCUT2D eigenvalue weighted by Gasteiger charge is 1.92. The molecule has 0 saturated heterocycles. The number of hydrogen-bond acceptors (Lipinski definition) is 4.